The number of sulfonamides is 1. The van der Waals surface area contributed by atoms with Crippen LogP contribution >= 0.6 is 23.2 Å². The van der Waals surface area contributed by atoms with Crippen LogP contribution in [0, 0.1) is 6.92 Å². The van der Waals surface area contributed by atoms with Gasteiger partial charge < -0.3 is 10.2 Å². The van der Waals surface area contributed by atoms with E-state index in [1.165, 1.54) is 17.0 Å². The zero-order valence-corrected chi connectivity index (χ0v) is 28.1. The summed E-state index contributed by atoms with van der Waals surface area (Å²) in [5.74, 6) is -0.577. The number of carbonyl (C=O) groups excluding carboxylic acids is 2. The van der Waals surface area contributed by atoms with E-state index in [2.05, 4.69) is 19.2 Å². The number of amides is 2. The van der Waals surface area contributed by atoms with Crippen LogP contribution in [-0.4, -0.2) is 43.8 Å². The van der Waals surface area contributed by atoms with Gasteiger partial charge in [-0.25, -0.2) is 8.42 Å². The lowest BCUT2D eigenvalue weighted by Gasteiger charge is -2.33. The second-order valence-electron chi connectivity index (χ2n) is 11.8. The van der Waals surface area contributed by atoms with Gasteiger partial charge in [0, 0.05) is 22.6 Å². The van der Waals surface area contributed by atoms with E-state index >= 15 is 0 Å². The number of hydrogen-bond donors (Lipinski definition) is 1. The van der Waals surface area contributed by atoms with Gasteiger partial charge in [0.15, 0.2) is 0 Å². The highest BCUT2D eigenvalue weighted by molar-refractivity contribution is 7.92. The second-order valence-corrected chi connectivity index (χ2v) is 14.6. The molecule has 1 saturated carbocycles. The Bertz CT molecular complexity index is 1550. The average molecular weight is 659 g/mol. The minimum absolute atomic E-state index is 0.00119. The van der Waals surface area contributed by atoms with Crippen molar-refractivity contribution in [3.05, 3.63) is 93.5 Å². The zero-order valence-electron chi connectivity index (χ0n) is 25.7. The molecule has 0 saturated heterocycles. The predicted molar refractivity (Wildman–Crippen MR) is 178 cm³/mol. The first-order valence-corrected chi connectivity index (χ1v) is 17.3. The van der Waals surface area contributed by atoms with Gasteiger partial charge in [-0.15, -0.1) is 0 Å². The summed E-state index contributed by atoms with van der Waals surface area (Å²) in [5, 5.41) is 3.90. The Balaban J connectivity index is 1.71. The number of rotatable bonds is 11. The fourth-order valence-corrected chi connectivity index (χ4v) is 7.26. The number of anilines is 1. The van der Waals surface area contributed by atoms with Crippen LogP contribution in [0.15, 0.2) is 71.6 Å². The second kappa shape index (κ2) is 14.8. The first-order valence-electron chi connectivity index (χ1n) is 15.1. The minimum atomic E-state index is -4.15. The maximum atomic E-state index is 14.2. The standard InChI is InChI=1S/C34H41Cl2N3O4S/c1-23(2)26-13-16-30(17-14-26)39(44(42,43)31-18-10-24(3)11-19-31)22-33(40)38(21-27-12-15-28(35)20-32(27)36)25(4)34(41)37-29-8-6-5-7-9-29/h10-20,23,25,29H,5-9,21-22H2,1-4H3,(H,37,41). The van der Waals surface area contributed by atoms with E-state index in [9.17, 15) is 18.0 Å². The lowest BCUT2D eigenvalue weighted by Crippen LogP contribution is -2.53. The number of hydrogen-bond acceptors (Lipinski definition) is 4. The van der Waals surface area contributed by atoms with Crippen molar-refractivity contribution in [2.45, 2.75) is 89.2 Å². The molecule has 1 fully saturated rings. The van der Waals surface area contributed by atoms with Crippen molar-refractivity contribution in [2.75, 3.05) is 10.8 Å². The molecule has 0 bridgehead atoms. The summed E-state index contributed by atoms with van der Waals surface area (Å²) in [6.07, 6.45) is 5.02. The third-order valence-electron chi connectivity index (χ3n) is 8.21. The van der Waals surface area contributed by atoms with Crippen molar-refractivity contribution >= 4 is 50.7 Å². The molecule has 1 aliphatic rings. The molecule has 0 spiro atoms. The van der Waals surface area contributed by atoms with Crippen molar-refractivity contribution in [2.24, 2.45) is 0 Å². The first-order chi connectivity index (χ1) is 20.9. The summed E-state index contributed by atoms with van der Waals surface area (Å²) in [7, 11) is -4.15. The molecule has 3 aromatic carbocycles. The number of nitrogens with one attached hydrogen (secondary N) is 1. The number of nitrogens with zero attached hydrogens (tertiary/aromatic N) is 2. The Morgan fingerprint density at radius 1 is 0.909 bits per heavy atom. The molecule has 3 aromatic rings. The van der Waals surface area contributed by atoms with E-state index in [4.69, 9.17) is 23.2 Å². The molecule has 1 aliphatic carbocycles. The highest BCUT2D eigenvalue weighted by atomic mass is 35.5. The number of benzene rings is 3. The number of carbonyl (C=O) groups is 2. The summed E-state index contributed by atoms with van der Waals surface area (Å²) in [5.41, 5.74) is 2.90. The van der Waals surface area contributed by atoms with Gasteiger partial charge in [-0.2, -0.15) is 0 Å². The molecule has 10 heteroatoms. The van der Waals surface area contributed by atoms with E-state index in [-0.39, 0.29) is 29.3 Å². The van der Waals surface area contributed by atoms with Crippen molar-refractivity contribution in [3.63, 3.8) is 0 Å². The molecule has 2 amide bonds. The molecule has 44 heavy (non-hydrogen) atoms. The molecule has 1 unspecified atom stereocenters. The molecule has 4 rings (SSSR count). The molecule has 0 aromatic heterocycles. The van der Waals surface area contributed by atoms with E-state index in [0.717, 1.165) is 47.5 Å². The molecule has 0 aliphatic heterocycles. The molecule has 0 heterocycles. The van der Waals surface area contributed by atoms with Crippen LogP contribution in [0.5, 0.6) is 0 Å². The molecule has 7 nitrogen and oxygen atoms in total. The number of halogens is 2. The monoisotopic (exact) mass is 657 g/mol. The Morgan fingerprint density at radius 3 is 2.14 bits per heavy atom. The Labute approximate surface area is 271 Å². The maximum absolute atomic E-state index is 14.2. The summed E-state index contributed by atoms with van der Waals surface area (Å²) < 4.78 is 29.3. The van der Waals surface area contributed by atoms with Crippen LogP contribution in [-0.2, 0) is 26.2 Å². The van der Waals surface area contributed by atoms with Crippen molar-refractivity contribution < 1.29 is 18.0 Å². The van der Waals surface area contributed by atoms with Crippen LogP contribution < -0.4 is 9.62 Å². The Hall–Kier alpha value is -3.07. The van der Waals surface area contributed by atoms with E-state index < -0.39 is 28.5 Å². The maximum Gasteiger partial charge on any atom is 0.264 e. The van der Waals surface area contributed by atoms with Crippen molar-refractivity contribution in [3.8, 4) is 0 Å². The van der Waals surface area contributed by atoms with Crippen LogP contribution in [0.2, 0.25) is 10.0 Å². The van der Waals surface area contributed by atoms with Gasteiger partial charge in [-0.1, -0.05) is 92.2 Å². The third-order valence-corrected chi connectivity index (χ3v) is 10.6. The Kier molecular flexibility index (Phi) is 11.4. The lowest BCUT2D eigenvalue weighted by molar-refractivity contribution is -0.139. The molecule has 1 atom stereocenters. The van der Waals surface area contributed by atoms with Gasteiger partial charge in [0.05, 0.1) is 10.6 Å². The van der Waals surface area contributed by atoms with Gasteiger partial charge >= 0.3 is 0 Å². The predicted octanol–water partition coefficient (Wildman–Crippen LogP) is 7.49. The topological polar surface area (TPSA) is 86.8 Å². The van der Waals surface area contributed by atoms with Crippen LogP contribution in [0.4, 0.5) is 5.69 Å². The normalized spacial score (nSPS) is 14.7. The fourth-order valence-electron chi connectivity index (χ4n) is 5.38. The molecule has 1 N–H and O–H groups in total. The first kappa shape index (κ1) is 33.8. The summed E-state index contributed by atoms with van der Waals surface area (Å²) >= 11 is 12.6. The van der Waals surface area contributed by atoms with Crippen LogP contribution in [0.25, 0.3) is 0 Å². The largest absolute Gasteiger partial charge is 0.352 e. The van der Waals surface area contributed by atoms with Gasteiger partial charge in [-0.05, 0) is 80.1 Å². The third kappa shape index (κ3) is 8.34. The van der Waals surface area contributed by atoms with Gasteiger partial charge in [0.25, 0.3) is 10.0 Å². The lowest BCUT2D eigenvalue weighted by atomic mass is 9.95. The zero-order chi connectivity index (χ0) is 32.0. The van der Waals surface area contributed by atoms with Gasteiger partial charge in [0.2, 0.25) is 11.8 Å². The van der Waals surface area contributed by atoms with Crippen LogP contribution in [0.3, 0.4) is 0 Å². The summed E-state index contributed by atoms with van der Waals surface area (Å²) in [6, 6.07) is 17.8. The number of aryl methyl sites for hydroxylation is 1. The molecular weight excluding hydrogens is 617 g/mol. The van der Waals surface area contributed by atoms with Gasteiger partial charge in [0.1, 0.15) is 12.6 Å². The smallest absolute Gasteiger partial charge is 0.264 e. The van der Waals surface area contributed by atoms with Gasteiger partial charge in [-0.3, -0.25) is 13.9 Å². The Morgan fingerprint density at radius 2 is 1.55 bits per heavy atom. The average Bonchev–Trinajstić information content (AvgIpc) is 2.99. The molecule has 0 radical (unpaired) electrons. The van der Waals surface area contributed by atoms with Crippen molar-refractivity contribution in [1.82, 2.24) is 10.2 Å². The highest BCUT2D eigenvalue weighted by Gasteiger charge is 2.33. The van der Waals surface area contributed by atoms with Crippen molar-refractivity contribution in [1.29, 1.82) is 0 Å². The molecule has 236 valence electrons. The minimum Gasteiger partial charge on any atom is -0.352 e. The van der Waals surface area contributed by atoms with E-state index in [1.807, 2.05) is 19.1 Å². The summed E-state index contributed by atoms with van der Waals surface area (Å²) in [4.78, 5) is 29.2. The SMILES string of the molecule is Cc1ccc(S(=O)(=O)N(CC(=O)N(Cc2ccc(Cl)cc2Cl)C(C)C(=O)NC2CCCCC2)c2ccc(C(C)C)cc2)cc1. The van der Waals surface area contributed by atoms with Crippen LogP contribution in [0.1, 0.15) is 75.5 Å². The summed E-state index contributed by atoms with van der Waals surface area (Å²) in [6.45, 7) is 7.14. The quantitative estimate of drug-likeness (QED) is 0.231. The highest BCUT2D eigenvalue weighted by Crippen LogP contribution is 2.28. The molecular formula is C34H41Cl2N3O4S. The van der Waals surface area contributed by atoms with E-state index in [1.54, 1.807) is 49.4 Å². The fraction of sp³-hybridized carbons (Fsp3) is 0.412. The van der Waals surface area contributed by atoms with E-state index in [0.29, 0.717) is 21.3 Å².